The van der Waals surface area contributed by atoms with Crippen LogP contribution in [0.5, 0.6) is 0 Å². The summed E-state index contributed by atoms with van der Waals surface area (Å²) in [4.78, 5) is 22.9. The Hall–Kier alpha value is -1.31. The number of hydrogen-bond acceptors (Lipinski definition) is 3. The van der Waals surface area contributed by atoms with Crippen molar-refractivity contribution in [2.75, 3.05) is 0 Å². The third-order valence-electron chi connectivity index (χ3n) is 3.53. The summed E-state index contributed by atoms with van der Waals surface area (Å²) in [6.45, 7) is 0.528. The lowest BCUT2D eigenvalue weighted by molar-refractivity contribution is -0.189. The van der Waals surface area contributed by atoms with Crippen LogP contribution in [0, 0.1) is 0 Å². The van der Waals surface area contributed by atoms with Gasteiger partial charge in [0.1, 0.15) is 5.54 Å². The monoisotopic (exact) mass is 282 g/mol. The molecule has 1 rings (SSSR count). The Morgan fingerprint density at radius 3 is 2.05 bits per heavy atom. The van der Waals surface area contributed by atoms with Crippen molar-refractivity contribution < 1.29 is 27.9 Å². The van der Waals surface area contributed by atoms with Crippen LogP contribution in [0.2, 0.25) is 0 Å². The number of aliphatic carboxylic acids is 1. The molecule has 1 aliphatic rings. The summed E-state index contributed by atoms with van der Waals surface area (Å²) in [5, 5.41) is 11.2. The van der Waals surface area contributed by atoms with Crippen LogP contribution in [0.3, 0.4) is 0 Å². The molecule has 8 heteroatoms. The van der Waals surface area contributed by atoms with Gasteiger partial charge in [-0.3, -0.25) is 4.79 Å². The summed E-state index contributed by atoms with van der Waals surface area (Å²) >= 11 is 0. The average molecular weight is 282 g/mol. The lowest BCUT2D eigenvalue weighted by Crippen LogP contribution is -2.67. The summed E-state index contributed by atoms with van der Waals surface area (Å²) in [7, 11) is 0. The molecule has 0 aromatic rings. The fraction of sp³-hybridized carbons (Fsp3) is 0.818. The maximum Gasteiger partial charge on any atom is 0.415 e. The summed E-state index contributed by atoms with van der Waals surface area (Å²) in [5.41, 5.74) is 0.242. The molecule has 1 atom stereocenters. The Morgan fingerprint density at radius 2 is 1.68 bits per heavy atom. The Morgan fingerprint density at radius 1 is 1.21 bits per heavy atom. The first kappa shape index (κ1) is 15.7. The average Bonchev–Trinajstić information content (AvgIpc) is 2.28. The number of carboxylic acid groups (broad SMARTS) is 1. The van der Waals surface area contributed by atoms with E-state index in [0.29, 0.717) is 19.8 Å². The number of carbonyl (C=O) groups is 2. The fourth-order valence-electron chi connectivity index (χ4n) is 2.02. The molecule has 110 valence electrons. The van der Waals surface area contributed by atoms with Crippen molar-refractivity contribution in [1.29, 1.82) is 0 Å². The topological polar surface area (TPSA) is 92.4 Å². The van der Waals surface area contributed by atoms with Crippen LogP contribution in [0.15, 0.2) is 0 Å². The van der Waals surface area contributed by atoms with Crippen molar-refractivity contribution in [2.24, 2.45) is 5.73 Å². The number of halogens is 3. The van der Waals surface area contributed by atoms with E-state index in [2.05, 4.69) is 0 Å². The van der Waals surface area contributed by atoms with Crippen LogP contribution in [0.1, 0.15) is 39.0 Å². The Balaban J connectivity index is 2.92. The van der Waals surface area contributed by atoms with E-state index in [1.807, 2.05) is 5.32 Å². The summed E-state index contributed by atoms with van der Waals surface area (Å²) < 4.78 is 37.9. The lowest BCUT2D eigenvalue weighted by atomic mass is 9.81. The molecule has 4 N–H and O–H groups in total. The van der Waals surface area contributed by atoms with Gasteiger partial charge >= 0.3 is 12.1 Å². The SMILES string of the molecule is CC(N)(C(=O)NC1(C(=O)O)CCCCC1)C(F)(F)F. The molecule has 1 amide bonds. The van der Waals surface area contributed by atoms with Gasteiger partial charge in [-0.15, -0.1) is 0 Å². The van der Waals surface area contributed by atoms with Crippen LogP contribution in [0.25, 0.3) is 0 Å². The molecule has 5 nitrogen and oxygen atoms in total. The molecule has 0 heterocycles. The number of hydrogen-bond donors (Lipinski definition) is 3. The van der Waals surface area contributed by atoms with Gasteiger partial charge in [0.05, 0.1) is 0 Å². The van der Waals surface area contributed by atoms with E-state index in [9.17, 15) is 22.8 Å². The van der Waals surface area contributed by atoms with E-state index in [0.717, 1.165) is 6.42 Å². The number of alkyl halides is 3. The first-order chi connectivity index (χ1) is 8.53. The Bertz CT molecular complexity index is 374. The minimum absolute atomic E-state index is 0.113. The van der Waals surface area contributed by atoms with Gasteiger partial charge in [-0.2, -0.15) is 13.2 Å². The number of carboxylic acids is 1. The minimum atomic E-state index is -4.94. The van der Waals surface area contributed by atoms with E-state index in [4.69, 9.17) is 10.8 Å². The molecular formula is C11H17F3N2O3. The third-order valence-corrected chi connectivity index (χ3v) is 3.53. The van der Waals surface area contributed by atoms with Gasteiger partial charge in [-0.25, -0.2) is 4.79 Å². The highest BCUT2D eigenvalue weighted by atomic mass is 19.4. The van der Waals surface area contributed by atoms with E-state index in [1.165, 1.54) is 0 Å². The number of nitrogens with one attached hydrogen (secondary N) is 1. The van der Waals surface area contributed by atoms with Gasteiger partial charge < -0.3 is 16.2 Å². The van der Waals surface area contributed by atoms with Crippen molar-refractivity contribution in [3.63, 3.8) is 0 Å². The van der Waals surface area contributed by atoms with Crippen molar-refractivity contribution >= 4 is 11.9 Å². The Kier molecular flexibility index (Phi) is 4.14. The van der Waals surface area contributed by atoms with E-state index in [1.54, 1.807) is 0 Å². The standard InChI is InChI=1S/C11H17F3N2O3/c1-9(15,11(12,13)14)7(17)16-10(8(18)19)5-3-2-4-6-10/h2-6,15H2,1H3,(H,16,17)(H,18,19). The number of carbonyl (C=O) groups excluding carboxylic acids is 1. The van der Waals surface area contributed by atoms with Crippen molar-refractivity contribution in [1.82, 2.24) is 5.32 Å². The Labute approximate surface area is 108 Å². The molecule has 0 aromatic heterocycles. The maximum atomic E-state index is 12.6. The second kappa shape index (κ2) is 4.99. The lowest BCUT2D eigenvalue weighted by Gasteiger charge is -2.37. The first-order valence-electron chi connectivity index (χ1n) is 5.94. The number of rotatable bonds is 3. The second-order valence-electron chi connectivity index (χ2n) is 5.10. The van der Waals surface area contributed by atoms with E-state index in [-0.39, 0.29) is 12.8 Å². The molecule has 0 spiro atoms. The molecule has 19 heavy (non-hydrogen) atoms. The number of amides is 1. The normalized spacial score (nSPS) is 22.4. The van der Waals surface area contributed by atoms with Gasteiger partial charge in [-0.05, 0) is 19.8 Å². The van der Waals surface area contributed by atoms with Crippen molar-refractivity contribution in [3.8, 4) is 0 Å². The highest BCUT2D eigenvalue weighted by molar-refractivity contribution is 5.92. The molecule has 1 saturated carbocycles. The predicted molar refractivity (Wildman–Crippen MR) is 60.2 cm³/mol. The molecule has 0 aromatic carbocycles. The molecule has 0 aliphatic heterocycles. The molecule has 0 saturated heterocycles. The van der Waals surface area contributed by atoms with Gasteiger partial charge in [0, 0.05) is 0 Å². The summed E-state index contributed by atoms with van der Waals surface area (Å²) in [6.07, 6.45) is -2.83. The van der Waals surface area contributed by atoms with E-state index >= 15 is 0 Å². The zero-order valence-corrected chi connectivity index (χ0v) is 10.5. The van der Waals surface area contributed by atoms with Crippen molar-refractivity contribution in [3.05, 3.63) is 0 Å². The van der Waals surface area contributed by atoms with Crippen LogP contribution in [-0.4, -0.2) is 34.2 Å². The van der Waals surface area contributed by atoms with Crippen LogP contribution in [-0.2, 0) is 9.59 Å². The van der Waals surface area contributed by atoms with Crippen LogP contribution < -0.4 is 11.1 Å². The predicted octanol–water partition coefficient (Wildman–Crippen LogP) is 1.17. The van der Waals surface area contributed by atoms with E-state index < -0.39 is 29.1 Å². The summed E-state index contributed by atoms with van der Waals surface area (Å²) in [6, 6.07) is 0. The van der Waals surface area contributed by atoms with Gasteiger partial charge in [0.15, 0.2) is 5.54 Å². The molecule has 1 unspecified atom stereocenters. The summed E-state index contributed by atoms with van der Waals surface area (Å²) in [5.74, 6) is -2.83. The van der Waals surface area contributed by atoms with Gasteiger partial charge in [0.2, 0.25) is 5.91 Å². The molecule has 0 radical (unpaired) electrons. The highest BCUT2D eigenvalue weighted by Crippen LogP contribution is 2.32. The zero-order chi connectivity index (χ0) is 14.9. The fourth-order valence-corrected chi connectivity index (χ4v) is 2.02. The van der Waals surface area contributed by atoms with Gasteiger partial charge in [0.25, 0.3) is 0 Å². The highest BCUT2D eigenvalue weighted by Gasteiger charge is 2.56. The number of nitrogens with two attached hydrogens (primary N) is 1. The first-order valence-corrected chi connectivity index (χ1v) is 5.94. The molecule has 0 bridgehead atoms. The second-order valence-corrected chi connectivity index (χ2v) is 5.10. The molecule has 1 fully saturated rings. The smallest absolute Gasteiger partial charge is 0.415 e. The quantitative estimate of drug-likeness (QED) is 0.724. The van der Waals surface area contributed by atoms with Crippen molar-refractivity contribution in [2.45, 2.75) is 56.3 Å². The third kappa shape index (κ3) is 2.99. The zero-order valence-electron chi connectivity index (χ0n) is 10.5. The van der Waals surface area contributed by atoms with Crippen LogP contribution in [0.4, 0.5) is 13.2 Å². The minimum Gasteiger partial charge on any atom is -0.480 e. The maximum absolute atomic E-state index is 12.6. The van der Waals surface area contributed by atoms with Gasteiger partial charge in [-0.1, -0.05) is 19.3 Å². The molecular weight excluding hydrogens is 265 g/mol. The largest absolute Gasteiger partial charge is 0.480 e. The van der Waals surface area contributed by atoms with Crippen LogP contribution >= 0.6 is 0 Å². The molecule has 1 aliphatic carbocycles.